The Morgan fingerprint density at radius 3 is 2.71 bits per heavy atom. The number of primary sulfonamides is 1. The molecule has 0 saturated heterocycles. The van der Waals surface area contributed by atoms with Gasteiger partial charge in [0.05, 0.1) is 34.5 Å². The van der Waals surface area contributed by atoms with Gasteiger partial charge in [-0.2, -0.15) is 0 Å². The average Bonchev–Trinajstić information content (AvgIpc) is 3.02. The molecule has 0 atom stereocenters. The Kier molecular flexibility index (Phi) is 5.92. The molecule has 0 aliphatic rings. The van der Waals surface area contributed by atoms with Gasteiger partial charge in [-0.3, -0.25) is 4.79 Å². The number of fused-ring (bicyclic) bond motifs is 1. The second kappa shape index (κ2) is 8.21. The van der Waals surface area contributed by atoms with Crippen molar-refractivity contribution in [2.75, 3.05) is 18.2 Å². The summed E-state index contributed by atoms with van der Waals surface area (Å²) in [4.78, 5) is 16.8. The van der Waals surface area contributed by atoms with Gasteiger partial charge in [0.2, 0.25) is 15.9 Å². The van der Waals surface area contributed by atoms with Crippen molar-refractivity contribution in [3.05, 3.63) is 42.5 Å². The van der Waals surface area contributed by atoms with E-state index in [2.05, 4.69) is 10.3 Å². The lowest BCUT2D eigenvalue weighted by atomic mass is 10.3. The van der Waals surface area contributed by atoms with Crippen molar-refractivity contribution < 1.29 is 17.9 Å². The number of nitrogens with zero attached hydrogens (tertiary/aromatic N) is 2. The predicted octanol–water partition coefficient (Wildman–Crippen LogP) is 2.44. The smallest absolute Gasteiger partial charge is 0.238 e. The molecule has 1 aromatic heterocycles. The first-order valence-corrected chi connectivity index (χ1v) is 11.0. The van der Waals surface area contributed by atoms with Gasteiger partial charge < -0.3 is 14.6 Å². The van der Waals surface area contributed by atoms with Gasteiger partial charge >= 0.3 is 0 Å². The Morgan fingerprint density at radius 1 is 1.29 bits per heavy atom. The van der Waals surface area contributed by atoms with Crippen LogP contribution in [0, 0.1) is 0 Å². The van der Waals surface area contributed by atoms with Crippen molar-refractivity contribution in [1.82, 2.24) is 9.55 Å². The maximum absolute atomic E-state index is 12.3. The third-order valence-electron chi connectivity index (χ3n) is 4.04. The third-order valence-corrected chi connectivity index (χ3v) is 5.93. The Morgan fingerprint density at radius 2 is 2.04 bits per heavy atom. The number of aryl methyl sites for hydroxylation is 1. The maximum Gasteiger partial charge on any atom is 0.238 e. The number of aromatic nitrogens is 2. The third kappa shape index (κ3) is 4.29. The van der Waals surface area contributed by atoms with E-state index in [-0.39, 0.29) is 16.6 Å². The van der Waals surface area contributed by atoms with Crippen LogP contribution >= 0.6 is 11.8 Å². The van der Waals surface area contributed by atoms with Crippen LogP contribution < -0.4 is 15.2 Å². The Hall–Kier alpha value is -2.56. The number of hydrogen-bond acceptors (Lipinski definition) is 6. The Bertz CT molecular complexity index is 1130. The minimum absolute atomic E-state index is 0.00576. The van der Waals surface area contributed by atoms with Gasteiger partial charge in [0.15, 0.2) is 5.16 Å². The van der Waals surface area contributed by atoms with E-state index in [0.29, 0.717) is 28.7 Å². The molecule has 0 unspecified atom stereocenters. The first kappa shape index (κ1) is 20.2. The highest BCUT2D eigenvalue weighted by atomic mass is 32.2. The fourth-order valence-electron chi connectivity index (χ4n) is 2.74. The number of rotatable bonds is 7. The summed E-state index contributed by atoms with van der Waals surface area (Å²) in [6.07, 6.45) is 0. The van der Waals surface area contributed by atoms with Crippen LogP contribution in [-0.2, 0) is 21.4 Å². The van der Waals surface area contributed by atoms with E-state index >= 15 is 0 Å². The van der Waals surface area contributed by atoms with E-state index in [1.165, 1.54) is 23.9 Å². The number of ether oxygens (including phenoxy) is 1. The minimum atomic E-state index is -3.80. The molecule has 28 heavy (non-hydrogen) atoms. The SMILES string of the molecule is CCn1c(SCC(=O)Nc2ccccc2OC)nc2cc(S(N)(=O)=O)ccc21. The Labute approximate surface area is 167 Å². The number of methoxy groups -OCH3 is 1. The van der Waals surface area contributed by atoms with Crippen LogP contribution in [0.25, 0.3) is 11.0 Å². The van der Waals surface area contributed by atoms with Crippen molar-refractivity contribution >= 4 is 44.4 Å². The number of hydrogen-bond donors (Lipinski definition) is 2. The summed E-state index contributed by atoms with van der Waals surface area (Å²) in [6, 6.07) is 11.7. The van der Waals surface area contributed by atoms with Crippen molar-refractivity contribution in [3.63, 3.8) is 0 Å². The highest BCUT2D eigenvalue weighted by Gasteiger charge is 2.16. The number of anilines is 1. The van der Waals surface area contributed by atoms with E-state index in [0.717, 1.165) is 5.52 Å². The summed E-state index contributed by atoms with van der Waals surface area (Å²) in [5.41, 5.74) is 1.89. The predicted molar refractivity (Wildman–Crippen MR) is 109 cm³/mol. The number of benzene rings is 2. The fourth-order valence-corrected chi connectivity index (χ4v) is 4.16. The summed E-state index contributed by atoms with van der Waals surface area (Å²) in [7, 11) is -2.26. The second-order valence-electron chi connectivity index (χ2n) is 5.87. The summed E-state index contributed by atoms with van der Waals surface area (Å²) in [5.74, 6) is 0.523. The molecule has 0 spiro atoms. The van der Waals surface area contributed by atoms with E-state index < -0.39 is 10.0 Å². The second-order valence-corrected chi connectivity index (χ2v) is 8.38. The molecule has 3 rings (SSSR count). The maximum atomic E-state index is 12.3. The largest absolute Gasteiger partial charge is 0.495 e. The van der Waals surface area contributed by atoms with Crippen LogP contribution in [0.2, 0.25) is 0 Å². The summed E-state index contributed by atoms with van der Waals surface area (Å²) in [5, 5.41) is 8.63. The zero-order chi connectivity index (χ0) is 20.3. The number of amides is 1. The summed E-state index contributed by atoms with van der Waals surface area (Å²) in [6.45, 7) is 2.58. The Balaban J connectivity index is 1.79. The molecule has 8 nitrogen and oxygen atoms in total. The van der Waals surface area contributed by atoms with Crippen molar-refractivity contribution in [2.45, 2.75) is 23.5 Å². The standard InChI is InChI=1S/C18H20N4O4S2/c1-3-22-15-9-8-12(28(19,24)25)10-14(15)21-18(22)27-11-17(23)20-13-6-4-5-7-16(13)26-2/h4-10H,3,11H2,1-2H3,(H,20,23)(H2,19,24,25). The average molecular weight is 421 g/mol. The number of carbonyl (C=O) groups is 1. The first-order valence-electron chi connectivity index (χ1n) is 8.42. The van der Waals surface area contributed by atoms with Gasteiger partial charge in [-0.1, -0.05) is 23.9 Å². The zero-order valence-electron chi connectivity index (χ0n) is 15.4. The lowest BCUT2D eigenvalue weighted by Gasteiger charge is -2.10. The minimum Gasteiger partial charge on any atom is -0.495 e. The van der Waals surface area contributed by atoms with Gasteiger partial charge in [-0.25, -0.2) is 18.5 Å². The molecule has 0 aliphatic heterocycles. The number of thioether (sulfide) groups is 1. The monoisotopic (exact) mass is 420 g/mol. The molecule has 1 amide bonds. The van der Waals surface area contributed by atoms with Crippen LogP contribution in [-0.4, -0.2) is 36.7 Å². The van der Waals surface area contributed by atoms with Crippen LogP contribution in [0.5, 0.6) is 5.75 Å². The molecule has 3 aromatic rings. The van der Waals surface area contributed by atoms with E-state index in [1.807, 2.05) is 23.6 Å². The van der Waals surface area contributed by atoms with E-state index in [4.69, 9.17) is 9.88 Å². The molecule has 2 aromatic carbocycles. The van der Waals surface area contributed by atoms with Crippen LogP contribution in [0.1, 0.15) is 6.92 Å². The molecule has 0 radical (unpaired) electrons. The van der Waals surface area contributed by atoms with Gasteiger partial charge in [0, 0.05) is 6.54 Å². The van der Waals surface area contributed by atoms with Crippen LogP contribution in [0.4, 0.5) is 5.69 Å². The number of imidazole rings is 1. The quantitative estimate of drug-likeness (QED) is 0.567. The first-order chi connectivity index (χ1) is 13.3. The summed E-state index contributed by atoms with van der Waals surface area (Å²) >= 11 is 1.27. The van der Waals surface area contributed by atoms with E-state index in [1.54, 1.807) is 25.3 Å². The van der Waals surface area contributed by atoms with Crippen LogP contribution in [0.15, 0.2) is 52.5 Å². The van der Waals surface area contributed by atoms with Crippen molar-refractivity contribution in [3.8, 4) is 5.75 Å². The molecule has 0 bridgehead atoms. The molecule has 3 N–H and O–H groups in total. The van der Waals surface area contributed by atoms with Crippen molar-refractivity contribution in [1.29, 1.82) is 0 Å². The lowest BCUT2D eigenvalue weighted by Crippen LogP contribution is -2.15. The number of sulfonamides is 1. The number of nitrogens with one attached hydrogen (secondary N) is 1. The van der Waals surface area contributed by atoms with Crippen LogP contribution in [0.3, 0.4) is 0 Å². The molecular weight excluding hydrogens is 400 g/mol. The number of para-hydroxylation sites is 2. The molecule has 0 fully saturated rings. The highest BCUT2D eigenvalue weighted by molar-refractivity contribution is 7.99. The van der Waals surface area contributed by atoms with E-state index in [9.17, 15) is 13.2 Å². The fraction of sp³-hybridized carbons (Fsp3) is 0.222. The molecule has 0 aliphatic carbocycles. The lowest BCUT2D eigenvalue weighted by molar-refractivity contribution is -0.113. The number of carbonyl (C=O) groups excluding carboxylic acids is 1. The topological polar surface area (TPSA) is 116 Å². The van der Waals surface area contributed by atoms with Gasteiger partial charge in [0.1, 0.15) is 5.75 Å². The van der Waals surface area contributed by atoms with Gasteiger partial charge in [0.25, 0.3) is 0 Å². The highest BCUT2D eigenvalue weighted by Crippen LogP contribution is 2.27. The normalized spacial score (nSPS) is 11.5. The molecule has 1 heterocycles. The molecule has 148 valence electrons. The molecule has 10 heteroatoms. The number of nitrogens with two attached hydrogens (primary N) is 1. The van der Waals surface area contributed by atoms with Gasteiger partial charge in [-0.05, 0) is 37.3 Å². The molecular formula is C18H20N4O4S2. The van der Waals surface area contributed by atoms with Gasteiger partial charge in [-0.15, -0.1) is 0 Å². The van der Waals surface area contributed by atoms with Crippen molar-refractivity contribution in [2.24, 2.45) is 5.14 Å². The molecule has 0 saturated carbocycles. The zero-order valence-corrected chi connectivity index (χ0v) is 17.0. The summed E-state index contributed by atoms with van der Waals surface area (Å²) < 4.78 is 30.3.